The lowest BCUT2D eigenvalue weighted by molar-refractivity contribution is 0.102. The highest BCUT2D eigenvalue weighted by molar-refractivity contribution is 7.99. The van der Waals surface area contributed by atoms with E-state index < -0.39 is 0 Å². The van der Waals surface area contributed by atoms with E-state index in [0.717, 1.165) is 16.2 Å². The molecule has 0 atom stereocenters. The summed E-state index contributed by atoms with van der Waals surface area (Å²) < 4.78 is 2.65. The van der Waals surface area contributed by atoms with Crippen molar-refractivity contribution in [1.82, 2.24) is 9.55 Å². The highest BCUT2D eigenvalue weighted by Gasteiger charge is 2.13. The molecule has 2 heterocycles. The zero-order valence-electron chi connectivity index (χ0n) is 10.7. The number of thiophene rings is 1. The maximum absolute atomic E-state index is 12.1. The molecule has 0 aliphatic heterocycles. The molecular formula is C14H11ClN2OS2. The topological polar surface area (TPSA) is 34.9 Å². The van der Waals surface area contributed by atoms with Gasteiger partial charge in [-0.3, -0.25) is 4.79 Å². The average Bonchev–Trinajstić information content (AvgIpc) is 3.01. The molecular weight excluding hydrogens is 312 g/mol. The number of carbonyl (C=O) groups is 1. The third-order valence-corrected chi connectivity index (χ3v) is 5.23. The van der Waals surface area contributed by atoms with Crippen LogP contribution in [0.5, 0.6) is 0 Å². The smallest absolute Gasteiger partial charge is 0.183 e. The predicted molar refractivity (Wildman–Crippen MR) is 85.1 cm³/mol. The van der Waals surface area contributed by atoms with Crippen LogP contribution < -0.4 is 0 Å². The van der Waals surface area contributed by atoms with Crippen LogP contribution in [-0.2, 0) is 7.05 Å². The van der Waals surface area contributed by atoms with Crippen LogP contribution in [0.25, 0.3) is 11.0 Å². The maximum atomic E-state index is 12.1. The van der Waals surface area contributed by atoms with Gasteiger partial charge in [0.15, 0.2) is 10.9 Å². The molecule has 0 aliphatic rings. The number of fused-ring (bicyclic) bond motifs is 1. The van der Waals surface area contributed by atoms with Gasteiger partial charge in [-0.15, -0.1) is 11.3 Å². The molecule has 20 heavy (non-hydrogen) atoms. The number of aryl methyl sites for hydroxylation is 1. The number of hydrogen-bond acceptors (Lipinski definition) is 4. The van der Waals surface area contributed by atoms with Gasteiger partial charge in [0, 0.05) is 7.05 Å². The Hall–Kier alpha value is -1.30. The second-order valence-electron chi connectivity index (χ2n) is 4.26. The van der Waals surface area contributed by atoms with Gasteiger partial charge in [0.1, 0.15) is 0 Å². The predicted octanol–water partition coefficient (Wildman–Crippen LogP) is 4.26. The standard InChI is InChI=1S/C14H11ClN2OS2/c1-17-10-5-3-2-4-9(10)16-14(17)19-8-11(18)12-6-7-13(15)20-12/h2-7H,8H2,1H3. The Morgan fingerprint density at radius 2 is 2.15 bits per heavy atom. The van der Waals surface area contributed by atoms with Crippen LogP contribution in [0.15, 0.2) is 41.6 Å². The molecule has 3 rings (SSSR count). The first-order valence-corrected chi connectivity index (χ1v) is 8.16. The Morgan fingerprint density at radius 1 is 1.35 bits per heavy atom. The van der Waals surface area contributed by atoms with E-state index in [2.05, 4.69) is 4.98 Å². The number of benzene rings is 1. The van der Waals surface area contributed by atoms with Crippen molar-refractivity contribution in [1.29, 1.82) is 0 Å². The molecule has 6 heteroatoms. The lowest BCUT2D eigenvalue weighted by atomic mass is 10.3. The van der Waals surface area contributed by atoms with Gasteiger partial charge >= 0.3 is 0 Å². The highest BCUT2D eigenvalue weighted by Crippen LogP contribution is 2.26. The number of hydrogen-bond donors (Lipinski definition) is 0. The number of carbonyl (C=O) groups excluding carboxylic acids is 1. The molecule has 0 fully saturated rings. The third kappa shape index (κ3) is 2.61. The summed E-state index contributed by atoms with van der Waals surface area (Å²) in [5.41, 5.74) is 2.02. The zero-order valence-corrected chi connectivity index (χ0v) is 13.1. The van der Waals surface area contributed by atoms with Crippen LogP contribution in [0.4, 0.5) is 0 Å². The Bertz CT molecular complexity index is 778. The second kappa shape index (κ2) is 5.60. The summed E-state index contributed by atoms with van der Waals surface area (Å²) in [6.07, 6.45) is 0. The Morgan fingerprint density at radius 3 is 2.85 bits per heavy atom. The Kier molecular flexibility index (Phi) is 3.83. The number of para-hydroxylation sites is 2. The van der Waals surface area contributed by atoms with E-state index in [4.69, 9.17) is 11.6 Å². The lowest BCUT2D eigenvalue weighted by Crippen LogP contribution is -2.01. The fourth-order valence-corrected chi connectivity index (χ4v) is 3.86. The quantitative estimate of drug-likeness (QED) is 0.531. The minimum Gasteiger partial charge on any atom is -0.322 e. The molecule has 102 valence electrons. The molecule has 0 amide bonds. The fourth-order valence-electron chi connectivity index (χ4n) is 1.92. The summed E-state index contributed by atoms with van der Waals surface area (Å²) in [6, 6.07) is 11.5. The number of aromatic nitrogens is 2. The van der Waals surface area contributed by atoms with Crippen LogP contribution in [0, 0.1) is 0 Å². The fraction of sp³-hybridized carbons (Fsp3) is 0.143. The van der Waals surface area contributed by atoms with Crippen LogP contribution in [0.1, 0.15) is 9.67 Å². The lowest BCUT2D eigenvalue weighted by Gasteiger charge is -2.00. The van der Waals surface area contributed by atoms with E-state index in [1.54, 1.807) is 12.1 Å². The van der Waals surface area contributed by atoms with E-state index in [-0.39, 0.29) is 5.78 Å². The first-order chi connectivity index (χ1) is 9.65. The molecule has 1 aromatic carbocycles. The van der Waals surface area contributed by atoms with Crippen molar-refractivity contribution in [3.8, 4) is 0 Å². The molecule has 0 bridgehead atoms. The van der Waals surface area contributed by atoms with Crippen LogP contribution >= 0.6 is 34.7 Å². The number of ketones is 1. The molecule has 3 aromatic rings. The average molecular weight is 323 g/mol. The Labute approximate surface area is 129 Å². The van der Waals surface area contributed by atoms with Crippen molar-refractivity contribution in [2.24, 2.45) is 7.05 Å². The molecule has 0 N–H and O–H groups in total. The largest absolute Gasteiger partial charge is 0.322 e. The summed E-state index contributed by atoms with van der Waals surface area (Å²) in [5.74, 6) is 0.451. The zero-order chi connectivity index (χ0) is 14.1. The monoisotopic (exact) mass is 322 g/mol. The number of halogens is 1. The van der Waals surface area contributed by atoms with E-state index >= 15 is 0 Å². The molecule has 0 aliphatic carbocycles. The first-order valence-electron chi connectivity index (χ1n) is 5.98. The van der Waals surface area contributed by atoms with Crippen molar-refractivity contribution in [3.63, 3.8) is 0 Å². The van der Waals surface area contributed by atoms with E-state index in [0.29, 0.717) is 15.0 Å². The third-order valence-electron chi connectivity index (χ3n) is 2.93. The number of rotatable bonds is 4. The molecule has 3 nitrogen and oxygen atoms in total. The molecule has 0 unspecified atom stereocenters. The number of thioether (sulfide) groups is 1. The normalized spacial score (nSPS) is 11.1. The van der Waals surface area contributed by atoms with Crippen molar-refractivity contribution < 1.29 is 4.79 Å². The van der Waals surface area contributed by atoms with E-state index in [9.17, 15) is 4.79 Å². The van der Waals surface area contributed by atoms with Gasteiger partial charge in [-0.1, -0.05) is 35.5 Å². The Balaban J connectivity index is 1.77. The van der Waals surface area contributed by atoms with E-state index in [1.165, 1.54) is 23.1 Å². The summed E-state index contributed by atoms with van der Waals surface area (Å²) in [7, 11) is 1.96. The minimum absolute atomic E-state index is 0.0824. The van der Waals surface area contributed by atoms with Crippen LogP contribution in [0.2, 0.25) is 4.34 Å². The minimum atomic E-state index is 0.0824. The molecule has 2 aromatic heterocycles. The molecule has 0 saturated heterocycles. The summed E-state index contributed by atoms with van der Waals surface area (Å²) >= 11 is 8.61. The number of nitrogens with zero attached hydrogens (tertiary/aromatic N) is 2. The van der Waals surface area contributed by atoms with Gasteiger partial charge in [0.25, 0.3) is 0 Å². The van der Waals surface area contributed by atoms with Gasteiger partial charge in [-0.05, 0) is 24.3 Å². The van der Waals surface area contributed by atoms with Crippen molar-refractivity contribution in [3.05, 3.63) is 45.6 Å². The van der Waals surface area contributed by atoms with Crippen LogP contribution in [-0.4, -0.2) is 21.1 Å². The van der Waals surface area contributed by atoms with Gasteiger partial charge in [-0.25, -0.2) is 4.98 Å². The number of imidazole rings is 1. The van der Waals surface area contributed by atoms with Crippen molar-refractivity contribution in [2.45, 2.75) is 5.16 Å². The summed E-state index contributed by atoms with van der Waals surface area (Å²) in [5, 5.41) is 0.849. The number of Topliss-reactive ketones (excluding diaryl/α,β-unsaturated/α-hetero) is 1. The van der Waals surface area contributed by atoms with Gasteiger partial charge in [0.05, 0.1) is 26.0 Å². The van der Waals surface area contributed by atoms with Gasteiger partial charge < -0.3 is 4.57 Å². The molecule has 0 radical (unpaired) electrons. The van der Waals surface area contributed by atoms with Crippen LogP contribution in [0.3, 0.4) is 0 Å². The second-order valence-corrected chi connectivity index (χ2v) is 6.92. The van der Waals surface area contributed by atoms with E-state index in [1.807, 2.05) is 35.9 Å². The van der Waals surface area contributed by atoms with Crippen molar-refractivity contribution >= 4 is 51.5 Å². The molecule has 0 saturated carbocycles. The van der Waals surface area contributed by atoms with Crippen molar-refractivity contribution in [2.75, 3.05) is 5.75 Å². The van der Waals surface area contributed by atoms with Gasteiger partial charge in [-0.2, -0.15) is 0 Å². The molecule has 0 spiro atoms. The van der Waals surface area contributed by atoms with Gasteiger partial charge in [0.2, 0.25) is 0 Å². The highest BCUT2D eigenvalue weighted by atomic mass is 35.5. The summed E-state index contributed by atoms with van der Waals surface area (Å²) in [4.78, 5) is 17.3. The first kappa shape index (κ1) is 13.7. The SMILES string of the molecule is Cn1c(SCC(=O)c2ccc(Cl)s2)nc2ccccc21. The summed E-state index contributed by atoms with van der Waals surface area (Å²) in [6.45, 7) is 0. The maximum Gasteiger partial charge on any atom is 0.183 e.